The summed E-state index contributed by atoms with van der Waals surface area (Å²) in [6.45, 7) is 0.174. The summed E-state index contributed by atoms with van der Waals surface area (Å²) in [7, 11) is 0. The van der Waals surface area contributed by atoms with Crippen molar-refractivity contribution in [1.82, 2.24) is 5.48 Å². The maximum absolute atomic E-state index is 9.58. The van der Waals surface area contributed by atoms with Crippen molar-refractivity contribution >= 4 is 5.71 Å². The third-order valence-corrected chi connectivity index (χ3v) is 2.53. The van der Waals surface area contributed by atoms with Crippen molar-refractivity contribution in [3.63, 3.8) is 0 Å². The van der Waals surface area contributed by atoms with Crippen LogP contribution in [0.5, 0.6) is 5.75 Å². The third-order valence-electron chi connectivity index (χ3n) is 2.53. The monoisotopic (exact) mass is 258 g/mol. The van der Waals surface area contributed by atoms with Gasteiger partial charge in [0.1, 0.15) is 18.1 Å². The molecule has 98 valence electrons. The number of hydroxylamine groups is 1. The van der Waals surface area contributed by atoms with Crippen molar-refractivity contribution in [2.75, 3.05) is 0 Å². The average molecular weight is 258 g/mol. The second-order valence-electron chi connectivity index (χ2n) is 3.83. The summed E-state index contributed by atoms with van der Waals surface area (Å²) in [6.07, 6.45) is 8.59. The Labute approximate surface area is 110 Å². The molecule has 5 heteroatoms. The Kier molecular flexibility index (Phi) is 4.36. The van der Waals surface area contributed by atoms with Gasteiger partial charge in [0.2, 0.25) is 0 Å². The van der Waals surface area contributed by atoms with Crippen molar-refractivity contribution in [3.8, 4) is 5.75 Å². The van der Waals surface area contributed by atoms with Crippen molar-refractivity contribution < 1.29 is 15.2 Å². The number of phenolic OH excluding ortho intramolecular Hbond substituents is 1. The molecule has 0 saturated heterocycles. The number of allylic oxidation sites excluding steroid dienone is 5. The first-order valence-corrected chi connectivity index (χ1v) is 5.73. The van der Waals surface area contributed by atoms with Gasteiger partial charge >= 0.3 is 0 Å². The second kappa shape index (κ2) is 6.42. The van der Waals surface area contributed by atoms with Crippen LogP contribution in [0.2, 0.25) is 0 Å². The maximum atomic E-state index is 9.58. The number of hydrogen-bond acceptors (Lipinski definition) is 5. The predicted octanol–water partition coefficient (Wildman–Crippen LogP) is 2.25. The highest BCUT2D eigenvalue weighted by Crippen LogP contribution is 2.17. The molecule has 0 radical (unpaired) electrons. The molecule has 0 amide bonds. The predicted molar refractivity (Wildman–Crippen MR) is 71.6 cm³/mol. The zero-order valence-electron chi connectivity index (χ0n) is 10.2. The highest BCUT2D eigenvalue weighted by atomic mass is 16.6. The average Bonchev–Trinajstić information content (AvgIpc) is 2.43. The van der Waals surface area contributed by atoms with Crippen LogP contribution in [0.15, 0.2) is 65.5 Å². The molecule has 2 rings (SSSR count). The Morgan fingerprint density at radius 2 is 2.00 bits per heavy atom. The molecule has 1 aliphatic rings. The van der Waals surface area contributed by atoms with Crippen LogP contribution in [-0.4, -0.2) is 16.0 Å². The number of phenols is 1. The lowest BCUT2D eigenvalue weighted by Gasteiger charge is -2.07. The summed E-state index contributed by atoms with van der Waals surface area (Å²) < 4.78 is 0. The minimum absolute atomic E-state index is 0.174. The summed E-state index contributed by atoms with van der Waals surface area (Å²) in [6, 6.07) is 6.91. The fourth-order valence-corrected chi connectivity index (χ4v) is 1.57. The highest BCUT2D eigenvalue weighted by Gasteiger charge is 2.05. The maximum Gasteiger partial charge on any atom is 0.145 e. The Balaban J connectivity index is 2.03. The van der Waals surface area contributed by atoms with Crippen LogP contribution in [0.25, 0.3) is 0 Å². The number of rotatable bonds is 4. The lowest BCUT2D eigenvalue weighted by Crippen LogP contribution is -2.06. The SMILES string of the molecule is ON/C=C1\C=CC=C\C1=N/OCc1ccccc1O. The Bertz CT molecular complexity index is 560. The van der Waals surface area contributed by atoms with E-state index in [-0.39, 0.29) is 12.4 Å². The Morgan fingerprint density at radius 1 is 1.21 bits per heavy atom. The number of aromatic hydroxyl groups is 1. The minimum Gasteiger partial charge on any atom is -0.508 e. The van der Waals surface area contributed by atoms with Gasteiger partial charge in [-0.3, -0.25) is 10.7 Å². The number of nitrogens with one attached hydrogen (secondary N) is 1. The topological polar surface area (TPSA) is 74.1 Å². The van der Waals surface area contributed by atoms with E-state index in [1.165, 1.54) is 6.20 Å². The number of para-hydroxylation sites is 1. The van der Waals surface area contributed by atoms with Crippen LogP contribution in [0.3, 0.4) is 0 Å². The highest BCUT2D eigenvalue weighted by molar-refractivity contribution is 6.11. The molecular weight excluding hydrogens is 244 g/mol. The summed E-state index contributed by atoms with van der Waals surface area (Å²) >= 11 is 0. The molecule has 0 heterocycles. The minimum atomic E-state index is 0.174. The van der Waals surface area contributed by atoms with E-state index in [9.17, 15) is 5.11 Å². The van der Waals surface area contributed by atoms with Crippen LogP contribution in [0.1, 0.15) is 5.56 Å². The summed E-state index contributed by atoms with van der Waals surface area (Å²) in [4.78, 5) is 5.21. The largest absolute Gasteiger partial charge is 0.508 e. The molecular formula is C14H14N2O3. The van der Waals surface area contributed by atoms with E-state index in [2.05, 4.69) is 5.16 Å². The van der Waals surface area contributed by atoms with Gasteiger partial charge in [0, 0.05) is 17.3 Å². The van der Waals surface area contributed by atoms with E-state index in [1.54, 1.807) is 30.4 Å². The fraction of sp³-hybridized carbons (Fsp3) is 0.0714. The van der Waals surface area contributed by atoms with E-state index in [1.807, 2.05) is 23.7 Å². The first-order chi connectivity index (χ1) is 9.31. The van der Waals surface area contributed by atoms with Crippen LogP contribution in [0.4, 0.5) is 0 Å². The molecule has 0 atom stereocenters. The second-order valence-corrected chi connectivity index (χ2v) is 3.83. The van der Waals surface area contributed by atoms with Gasteiger partial charge in [-0.2, -0.15) is 0 Å². The van der Waals surface area contributed by atoms with Gasteiger partial charge in [-0.05, 0) is 12.1 Å². The van der Waals surface area contributed by atoms with Gasteiger partial charge in [-0.15, -0.1) is 0 Å². The van der Waals surface area contributed by atoms with Gasteiger partial charge in [-0.1, -0.05) is 41.6 Å². The molecule has 19 heavy (non-hydrogen) atoms. The van der Waals surface area contributed by atoms with Crippen molar-refractivity contribution in [2.24, 2.45) is 5.16 Å². The van der Waals surface area contributed by atoms with E-state index in [0.717, 1.165) is 0 Å². The summed E-state index contributed by atoms with van der Waals surface area (Å²) in [5, 5.41) is 22.2. The molecule has 0 aliphatic heterocycles. The molecule has 1 aromatic rings. The molecule has 3 N–H and O–H groups in total. The zero-order valence-corrected chi connectivity index (χ0v) is 10.2. The van der Waals surface area contributed by atoms with Gasteiger partial charge in [-0.25, -0.2) is 0 Å². The zero-order chi connectivity index (χ0) is 13.5. The Morgan fingerprint density at radius 3 is 2.79 bits per heavy atom. The van der Waals surface area contributed by atoms with Gasteiger partial charge < -0.3 is 9.94 Å². The van der Waals surface area contributed by atoms with Crippen LogP contribution in [0, 0.1) is 0 Å². The lowest BCUT2D eigenvalue weighted by atomic mass is 10.1. The van der Waals surface area contributed by atoms with E-state index in [4.69, 9.17) is 10.0 Å². The number of nitrogens with zero attached hydrogens (tertiary/aromatic N) is 1. The van der Waals surface area contributed by atoms with Crippen molar-refractivity contribution in [2.45, 2.75) is 6.61 Å². The summed E-state index contributed by atoms with van der Waals surface area (Å²) in [5.41, 5.74) is 3.90. The molecule has 0 fully saturated rings. The smallest absolute Gasteiger partial charge is 0.145 e. The molecule has 0 saturated carbocycles. The number of hydrogen-bond donors (Lipinski definition) is 3. The van der Waals surface area contributed by atoms with Gasteiger partial charge in [0.15, 0.2) is 0 Å². The molecule has 0 unspecified atom stereocenters. The molecule has 1 aromatic carbocycles. The first kappa shape index (κ1) is 12.9. The fourth-order valence-electron chi connectivity index (χ4n) is 1.57. The molecule has 1 aliphatic carbocycles. The molecule has 0 bridgehead atoms. The van der Waals surface area contributed by atoms with Crippen molar-refractivity contribution in [1.29, 1.82) is 0 Å². The normalized spacial score (nSPS) is 17.9. The van der Waals surface area contributed by atoms with E-state index >= 15 is 0 Å². The standard InChI is InChI=1S/C14H14N2O3/c17-14-8-4-2-6-12(14)10-19-16-13-7-3-1-5-11(13)9-15-18/h1-9,15,17-18H,10H2/b11-9+,16-13+. The number of benzene rings is 1. The lowest BCUT2D eigenvalue weighted by molar-refractivity contribution is 0.129. The number of oxime groups is 1. The summed E-state index contributed by atoms with van der Waals surface area (Å²) in [5.74, 6) is 0.176. The first-order valence-electron chi connectivity index (χ1n) is 5.73. The van der Waals surface area contributed by atoms with Crippen LogP contribution >= 0.6 is 0 Å². The van der Waals surface area contributed by atoms with Crippen molar-refractivity contribution in [3.05, 3.63) is 65.9 Å². The van der Waals surface area contributed by atoms with Gasteiger partial charge in [0.05, 0.1) is 0 Å². The Hall–Kier alpha value is -2.53. The molecule has 0 aromatic heterocycles. The molecule has 5 nitrogen and oxygen atoms in total. The molecule has 0 spiro atoms. The van der Waals surface area contributed by atoms with Crippen LogP contribution in [-0.2, 0) is 11.4 Å². The van der Waals surface area contributed by atoms with E-state index in [0.29, 0.717) is 16.8 Å². The third kappa shape index (κ3) is 3.46. The van der Waals surface area contributed by atoms with Crippen LogP contribution < -0.4 is 5.48 Å². The van der Waals surface area contributed by atoms with E-state index < -0.39 is 0 Å². The van der Waals surface area contributed by atoms with Gasteiger partial charge in [0.25, 0.3) is 0 Å². The quantitative estimate of drug-likeness (QED) is 0.724.